The standard InChI is InChI=1S/C11H15NO/c1-11(12)5-4-8-6-10(13)3-2-9(8)7-11/h2-3,6,13H,4-5,7,12H2,1H3. The number of phenols is 1. The molecule has 0 bridgehead atoms. The fourth-order valence-electron chi connectivity index (χ4n) is 1.96. The minimum absolute atomic E-state index is 0.0655. The maximum atomic E-state index is 9.29. The smallest absolute Gasteiger partial charge is 0.115 e. The number of benzene rings is 1. The maximum Gasteiger partial charge on any atom is 0.115 e. The zero-order valence-electron chi connectivity index (χ0n) is 7.88. The molecule has 0 heterocycles. The summed E-state index contributed by atoms with van der Waals surface area (Å²) in [5, 5.41) is 9.29. The van der Waals surface area contributed by atoms with Gasteiger partial charge >= 0.3 is 0 Å². The highest BCUT2D eigenvalue weighted by Crippen LogP contribution is 2.28. The third-order valence-electron chi connectivity index (χ3n) is 2.75. The van der Waals surface area contributed by atoms with Crippen LogP contribution in [0.1, 0.15) is 24.5 Å². The van der Waals surface area contributed by atoms with Crippen molar-refractivity contribution < 1.29 is 5.11 Å². The number of aryl methyl sites for hydroxylation is 1. The van der Waals surface area contributed by atoms with Gasteiger partial charge in [-0.2, -0.15) is 0 Å². The lowest BCUT2D eigenvalue weighted by Gasteiger charge is -2.31. The monoisotopic (exact) mass is 177 g/mol. The minimum atomic E-state index is -0.0655. The Hall–Kier alpha value is -1.02. The van der Waals surface area contributed by atoms with Crippen molar-refractivity contribution in [3.8, 4) is 5.75 Å². The average Bonchev–Trinajstić information content (AvgIpc) is 2.05. The highest BCUT2D eigenvalue weighted by Gasteiger charge is 2.25. The van der Waals surface area contributed by atoms with Gasteiger partial charge in [-0.25, -0.2) is 0 Å². The first-order valence-electron chi connectivity index (χ1n) is 4.66. The van der Waals surface area contributed by atoms with Crippen LogP contribution in [0.3, 0.4) is 0 Å². The molecule has 13 heavy (non-hydrogen) atoms. The Morgan fingerprint density at radius 2 is 2.15 bits per heavy atom. The Morgan fingerprint density at radius 3 is 2.92 bits per heavy atom. The largest absolute Gasteiger partial charge is 0.508 e. The Balaban J connectivity index is 2.37. The van der Waals surface area contributed by atoms with Crippen molar-refractivity contribution in [2.24, 2.45) is 5.73 Å². The van der Waals surface area contributed by atoms with E-state index in [-0.39, 0.29) is 5.54 Å². The molecule has 2 rings (SSSR count). The second-order valence-electron chi connectivity index (χ2n) is 4.28. The van der Waals surface area contributed by atoms with Gasteiger partial charge in [0.15, 0.2) is 0 Å². The summed E-state index contributed by atoms with van der Waals surface area (Å²) in [7, 11) is 0. The molecular formula is C11H15NO. The predicted octanol–water partition coefficient (Wildman–Crippen LogP) is 1.60. The fraction of sp³-hybridized carbons (Fsp3) is 0.455. The van der Waals surface area contributed by atoms with Crippen LogP contribution in [0.15, 0.2) is 18.2 Å². The molecule has 1 unspecified atom stereocenters. The zero-order valence-corrected chi connectivity index (χ0v) is 7.88. The van der Waals surface area contributed by atoms with Gasteiger partial charge < -0.3 is 10.8 Å². The Labute approximate surface area is 78.4 Å². The van der Waals surface area contributed by atoms with Gasteiger partial charge in [-0.1, -0.05) is 6.07 Å². The molecule has 0 spiro atoms. The topological polar surface area (TPSA) is 46.2 Å². The molecule has 2 nitrogen and oxygen atoms in total. The normalized spacial score (nSPS) is 26.9. The van der Waals surface area contributed by atoms with Gasteiger partial charge in [-0.05, 0) is 49.4 Å². The molecule has 1 aliphatic carbocycles. The van der Waals surface area contributed by atoms with Crippen molar-refractivity contribution >= 4 is 0 Å². The quantitative estimate of drug-likeness (QED) is 0.632. The molecule has 70 valence electrons. The summed E-state index contributed by atoms with van der Waals surface area (Å²) in [6.45, 7) is 2.09. The third-order valence-corrected chi connectivity index (χ3v) is 2.75. The van der Waals surface area contributed by atoms with Gasteiger partial charge in [-0.3, -0.25) is 0 Å². The van der Waals surface area contributed by atoms with E-state index in [9.17, 15) is 5.11 Å². The molecule has 0 saturated heterocycles. The molecule has 0 fully saturated rings. The van der Waals surface area contributed by atoms with Crippen molar-refractivity contribution in [1.29, 1.82) is 0 Å². The molecule has 0 amide bonds. The van der Waals surface area contributed by atoms with E-state index in [1.807, 2.05) is 12.1 Å². The summed E-state index contributed by atoms with van der Waals surface area (Å²) in [5.41, 5.74) is 8.54. The minimum Gasteiger partial charge on any atom is -0.508 e. The molecule has 0 radical (unpaired) electrons. The van der Waals surface area contributed by atoms with E-state index < -0.39 is 0 Å². The molecular weight excluding hydrogens is 162 g/mol. The summed E-state index contributed by atoms with van der Waals surface area (Å²) in [6.07, 6.45) is 2.91. The van der Waals surface area contributed by atoms with Gasteiger partial charge in [0, 0.05) is 5.54 Å². The fourth-order valence-corrected chi connectivity index (χ4v) is 1.96. The molecule has 1 atom stereocenters. The van der Waals surface area contributed by atoms with E-state index in [4.69, 9.17) is 5.73 Å². The number of aromatic hydroxyl groups is 1. The van der Waals surface area contributed by atoms with Crippen LogP contribution in [-0.4, -0.2) is 10.6 Å². The van der Waals surface area contributed by atoms with Crippen LogP contribution < -0.4 is 5.73 Å². The van der Waals surface area contributed by atoms with Crippen molar-refractivity contribution in [1.82, 2.24) is 0 Å². The van der Waals surface area contributed by atoms with Crippen LogP contribution in [0.5, 0.6) is 5.75 Å². The summed E-state index contributed by atoms with van der Waals surface area (Å²) in [5.74, 6) is 0.361. The molecule has 3 N–H and O–H groups in total. The average molecular weight is 177 g/mol. The third kappa shape index (κ3) is 1.68. The van der Waals surface area contributed by atoms with Crippen LogP contribution >= 0.6 is 0 Å². The van der Waals surface area contributed by atoms with Crippen LogP contribution in [-0.2, 0) is 12.8 Å². The lowest BCUT2D eigenvalue weighted by molar-refractivity contribution is 0.406. The van der Waals surface area contributed by atoms with Crippen LogP contribution in [0.4, 0.5) is 0 Å². The van der Waals surface area contributed by atoms with E-state index in [2.05, 4.69) is 6.92 Å². The molecule has 1 aromatic rings. The Kier molecular flexibility index (Phi) is 1.81. The number of nitrogens with two attached hydrogens (primary N) is 1. The van der Waals surface area contributed by atoms with Crippen LogP contribution in [0.25, 0.3) is 0 Å². The van der Waals surface area contributed by atoms with Gasteiger partial charge in [0.1, 0.15) is 5.75 Å². The lowest BCUT2D eigenvalue weighted by Crippen LogP contribution is -2.41. The maximum absolute atomic E-state index is 9.29. The van der Waals surface area contributed by atoms with Gasteiger partial charge in [-0.15, -0.1) is 0 Å². The summed E-state index contributed by atoms with van der Waals surface area (Å²) < 4.78 is 0. The van der Waals surface area contributed by atoms with Crippen molar-refractivity contribution in [3.63, 3.8) is 0 Å². The van der Waals surface area contributed by atoms with Gasteiger partial charge in [0.2, 0.25) is 0 Å². The first-order chi connectivity index (χ1) is 6.07. The molecule has 1 aromatic carbocycles. The highest BCUT2D eigenvalue weighted by atomic mass is 16.3. The zero-order chi connectivity index (χ0) is 9.47. The number of rotatable bonds is 0. The summed E-state index contributed by atoms with van der Waals surface area (Å²) in [4.78, 5) is 0. The van der Waals surface area contributed by atoms with E-state index in [1.165, 1.54) is 11.1 Å². The van der Waals surface area contributed by atoms with E-state index in [0.717, 1.165) is 19.3 Å². The number of phenolic OH excluding ortho intramolecular Hbond substituents is 1. The van der Waals surface area contributed by atoms with Crippen molar-refractivity contribution in [2.75, 3.05) is 0 Å². The van der Waals surface area contributed by atoms with Gasteiger partial charge in [0.25, 0.3) is 0 Å². The highest BCUT2D eigenvalue weighted by molar-refractivity contribution is 5.37. The number of hydrogen-bond acceptors (Lipinski definition) is 2. The molecule has 1 aliphatic rings. The summed E-state index contributed by atoms with van der Waals surface area (Å²) >= 11 is 0. The molecule has 0 aliphatic heterocycles. The van der Waals surface area contributed by atoms with E-state index >= 15 is 0 Å². The predicted molar refractivity (Wildman–Crippen MR) is 52.7 cm³/mol. The van der Waals surface area contributed by atoms with Crippen molar-refractivity contribution in [2.45, 2.75) is 31.7 Å². The number of hydrogen-bond donors (Lipinski definition) is 2. The second kappa shape index (κ2) is 2.74. The number of fused-ring (bicyclic) bond motifs is 1. The molecule has 0 aromatic heterocycles. The first-order valence-corrected chi connectivity index (χ1v) is 4.66. The van der Waals surface area contributed by atoms with Crippen LogP contribution in [0, 0.1) is 0 Å². The van der Waals surface area contributed by atoms with Gasteiger partial charge in [0.05, 0.1) is 0 Å². The molecule has 0 saturated carbocycles. The van der Waals surface area contributed by atoms with Crippen LogP contribution in [0.2, 0.25) is 0 Å². The Bertz CT molecular complexity index is 331. The lowest BCUT2D eigenvalue weighted by atomic mass is 9.80. The van der Waals surface area contributed by atoms with E-state index in [1.54, 1.807) is 6.07 Å². The summed E-state index contributed by atoms with van der Waals surface area (Å²) in [6, 6.07) is 5.57. The second-order valence-corrected chi connectivity index (χ2v) is 4.28. The van der Waals surface area contributed by atoms with E-state index in [0.29, 0.717) is 5.75 Å². The Morgan fingerprint density at radius 1 is 1.38 bits per heavy atom. The SMILES string of the molecule is CC1(N)CCc2cc(O)ccc2C1. The van der Waals surface area contributed by atoms with Crippen molar-refractivity contribution in [3.05, 3.63) is 29.3 Å². The molecule has 2 heteroatoms. The first kappa shape index (κ1) is 8.57.